The molecule has 4 aromatic rings. The molecule has 0 saturated carbocycles. The Morgan fingerprint density at radius 3 is 1.55 bits per heavy atom. The minimum atomic E-state index is -0.819. The van der Waals surface area contributed by atoms with Crippen LogP contribution in [0.25, 0.3) is 0 Å². The molecule has 0 amide bonds. The average molecular weight is 411 g/mol. The monoisotopic (exact) mass is 410 g/mol. The molecule has 0 N–H and O–H groups in total. The zero-order valence-corrected chi connectivity index (χ0v) is 18.1. The molecule has 0 radical (unpaired) electrons. The number of benzene rings is 3. The van der Waals surface area contributed by atoms with E-state index in [-0.39, 0.29) is 12.2 Å². The van der Waals surface area contributed by atoms with Crippen LogP contribution < -0.4 is 0 Å². The summed E-state index contributed by atoms with van der Waals surface area (Å²) in [6.45, 7) is 5.76. The van der Waals surface area contributed by atoms with Crippen molar-refractivity contribution in [2.75, 3.05) is 0 Å². The molecule has 5 nitrogen and oxygen atoms in total. The lowest BCUT2D eigenvalue weighted by Crippen LogP contribution is -2.40. The number of Topliss-reactive ketones (excluding diaryl/α,β-unsaturated/α-hetero) is 1. The topological polar surface area (TPSA) is 60.7 Å². The fourth-order valence-corrected chi connectivity index (χ4v) is 3.89. The Bertz CT molecular complexity index is 1050. The van der Waals surface area contributed by atoms with Crippen molar-refractivity contribution < 1.29 is 4.79 Å². The first kappa shape index (κ1) is 20.7. The summed E-state index contributed by atoms with van der Waals surface area (Å²) < 4.78 is 1.82. The maximum absolute atomic E-state index is 12.9. The highest BCUT2D eigenvalue weighted by atomic mass is 16.1. The summed E-state index contributed by atoms with van der Waals surface area (Å²) in [4.78, 5) is 12.9. The number of tetrazole rings is 1. The summed E-state index contributed by atoms with van der Waals surface area (Å²) in [5, 5.41) is 12.8. The van der Waals surface area contributed by atoms with Crippen molar-refractivity contribution in [3.05, 3.63) is 114 Å². The molecule has 0 unspecified atom stereocenters. The van der Waals surface area contributed by atoms with Gasteiger partial charge in [0.05, 0.1) is 6.42 Å². The van der Waals surface area contributed by atoms with E-state index in [0.717, 1.165) is 16.7 Å². The van der Waals surface area contributed by atoms with Crippen LogP contribution in [-0.4, -0.2) is 26.0 Å². The fraction of sp³-hybridized carbons (Fsp3) is 0.231. The Labute approximate surface area is 182 Å². The molecule has 0 atom stereocenters. The summed E-state index contributed by atoms with van der Waals surface area (Å²) in [7, 11) is 0. The lowest BCUT2D eigenvalue weighted by molar-refractivity contribution is -0.125. The fourth-order valence-electron chi connectivity index (χ4n) is 3.89. The molecule has 156 valence electrons. The van der Waals surface area contributed by atoms with Gasteiger partial charge in [-0.25, -0.2) is 4.68 Å². The third-order valence-electron chi connectivity index (χ3n) is 5.58. The number of aromatic nitrogens is 4. The molecule has 1 aromatic heterocycles. The zero-order valence-electron chi connectivity index (χ0n) is 18.1. The van der Waals surface area contributed by atoms with E-state index >= 15 is 0 Å². The van der Waals surface area contributed by atoms with Crippen LogP contribution in [-0.2, 0) is 16.8 Å². The van der Waals surface area contributed by atoms with E-state index in [1.807, 2.05) is 80.1 Å². The number of nitrogens with zero attached hydrogens (tertiary/aromatic N) is 4. The van der Waals surface area contributed by atoms with E-state index in [2.05, 4.69) is 51.9 Å². The van der Waals surface area contributed by atoms with Crippen LogP contribution in [0.5, 0.6) is 0 Å². The first-order valence-electron chi connectivity index (χ1n) is 10.4. The van der Waals surface area contributed by atoms with E-state index in [1.54, 1.807) is 0 Å². The van der Waals surface area contributed by atoms with Gasteiger partial charge in [-0.05, 0) is 27.1 Å². The number of rotatable bonds is 6. The van der Waals surface area contributed by atoms with Crippen molar-refractivity contribution in [2.45, 2.75) is 32.7 Å². The van der Waals surface area contributed by atoms with Gasteiger partial charge < -0.3 is 0 Å². The molecule has 3 aromatic carbocycles. The minimum Gasteiger partial charge on any atom is -0.299 e. The highest BCUT2D eigenvalue weighted by Crippen LogP contribution is 2.40. The summed E-state index contributed by atoms with van der Waals surface area (Å²) in [6.07, 6.45) is 0.157. The number of carbonyl (C=O) groups is 1. The largest absolute Gasteiger partial charge is 0.299 e. The van der Waals surface area contributed by atoms with Gasteiger partial charge in [-0.1, -0.05) is 112 Å². The predicted molar refractivity (Wildman–Crippen MR) is 121 cm³/mol. The van der Waals surface area contributed by atoms with Gasteiger partial charge in [-0.2, -0.15) is 0 Å². The predicted octanol–water partition coefficient (Wildman–Crippen LogP) is 4.67. The molecule has 0 aliphatic heterocycles. The summed E-state index contributed by atoms with van der Waals surface area (Å²) >= 11 is 0. The molecule has 1 heterocycles. The van der Waals surface area contributed by atoms with Gasteiger partial charge in [-0.15, -0.1) is 5.10 Å². The van der Waals surface area contributed by atoms with E-state index in [0.29, 0.717) is 5.82 Å². The Hall–Kier alpha value is -3.60. The average Bonchev–Trinajstić information content (AvgIpc) is 3.24. The number of carbonyl (C=O) groups excluding carboxylic acids is 1. The third kappa shape index (κ3) is 3.79. The Kier molecular flexibility index (Phi) is 5.51. The molecule has 0 spiro atoms. The Morgan fingerprint density at radius 2 is 1.16 bits per heavy atom. The van der Waals surface area contributed by atoms with Gasteiger partial charge in [0.1, 0.15) is 11.3 Å². The van der Waals surface area contributed by atoms with Crippen molar-refractivity contribution in [1.82, 2.24) is 20.2 Å². The SMILES string of the molecule is CC(C)(C)C(=O)Cc1nnnn1C(c1ccccc1)(c1ccccc1)c1ccccc1. The maximum atomic E-state index is 12.9. The lowest BCUT2D eigenvalue weighted by atomic mass is 9.77. The highest BCUT2D eigenvalue weighted by molar-refractivity contribution is 5.85. The van der Waals surface area contributed by atoms with Crippen molar-refractivity contribution >= 4 is 5.78 Å². The molecular formula is C26H26N4O. The van der Waals surface area contributed by atoms with Gasteiger partial charge in [-0.3, -0.25) is 4.79 Å². The zero-order chi connectivity index (χ0) is 21.9. The van der Waals surface area contributed by atoms with Crippen molar-refractivity contribution in [1.29, 1.82) is 0 Å². The number of hydrogen-bond donors (Lipinski definition) is 0. The van der Waals surface area contributed by atoms with Gasteiger partial charge >= 0.3 is 0 Å². The third-order valence-corrected chi connectivity index (χ3v) is 5.58. The van der Waals surface area contributed by atoms with Gasteiger partial charge in [0.25, 0.3) is 0 Å². The van der Waals surface area contributed by atoms with Gasteiger partial charge in [0.15, 0.2) is 5.82 Å². The van der Waals surface area contributed by atoms with E-state index < -0.39 is 11.0 Å². The maximum Gasteiger partial charge on any atom is 0.160 e. The van der Waals surface area contributed by atoms with Crippen molar-refractivity contribution in [2.24, 2.45) is 5.41 Å². The molecule has 0 fully saturated rings. The molecular weight excluding hydrogens is 384 g/mol. The number of hydrogen-bond acceptors (Lipinski definition) is 4. The van der Waals surface area contributed by atoms with Crippen LogP contribution >= 0.6 is 0 Å². The molecule has 0 bridgehead atoms. The van der Waals surface area contributed by atoms with Crippen molar-refractivity contribution in [3.63, 3.8) is 0 Å². The van der Waals surface area contributed by atoms with Crippen LogP contribution in [0.2, 0.25) is 0 Å². The standard InChI is InChI=1S/C26H26N4O/c1-25(2,3)23(31)19-24-27-28-29-30(24)26(20-13-7-4-8-14-20,21-15-9-5-10-16-21)22-17-11-6-12-18-22/h4-18H,19H2,1-3H3. The minimum absolute atomic E-state index is 0.0895. The lowest BCUT2D eigenvalue weighted by Gasteiger charge is -2.36. The van der Waals surface area contributed by atoms with Crippen LogP contribution in [0.15, 0.2) is 91.0 Å². The molecule has 31 heavy (non-hydrogen) atoms. The Balaban J connectivity index is 2.04. The van der Waals surface area contributed by atoms with E-state index in [9.17, 15) is 4.79 Å². The van der Waals surface area contributed by atoms with Crippen molar-refractivity contribution in [3.8, 4) is 0 Å². The smallest absolute Gasteiger partial charge is 0.160 e. The second-order valence-corrected chi connectivity index (χ2v) is 8.67. The highest BCUT2D eigenvalue weighted by Gasteiger charge is 2.42. The number of ketones is 1. The summed E-state index contributed by atoms with van der Waals surface area (Å²) in [5.74, 6) is 0.628. The van der Waals surface area contributed by atoms with Gasteiger partial charge in [0, 0.05) is 5.41 Å². The van der Waals surface area contributed by atoms with Gasteiger partial charge in [0.2, 0.25) is 0 Å². The normalized spacial score (nSPS) is 12.0. The molecule has 4 rings (SSSR count). The van der Waals surface area contributed by atoms with Crippen LogP contribution in [0.1, 0.15) is 43.3 Å². The first-order chi connectivity index (χ1) is 14.9. The second-order valence-electron chi connectivity index (χ2n) is 8.67. The summed E-state index contributed by atoms with van der Waals surface area (Å²) in [6, 6.07) is 30.5. The van der Waals surface area contributed by atoms with Crippen LogP contribution in [0.4, 0.5) is 0 Å². The Morgan fingerprint density at radius 1 is 0.742 bits per heavy atom. The summed E-state index contributed by atoms with van der Waals surface area (Å²) in [5.41, 5.74) is 1.75. The second kappa shape index (κ2) is 8.26. The first-order valence-corrected chi connectivity index (χ1v) is 10.4. The van der Waals surface area contributed by atoms with Crippen LogP contribution in [0.3, 0.4) is 0 Å². The molecule has 5 heteroatoms. The quantitative estimate of drug-likeness (QED) is 0.433. The molecule has 0 aliphatic rings. The van der Waals surface area contributed by atoms with Crippen LogP contribution in [0, 0.1) is 5.41 Å². The molecule has 0 saturated heterocycles. The van der Waals surface area contributed by atoms with E-state index in [4.69, 9.17) is 0 Å². The molecule has 0 aliphatic carbocycles. The van der Waals surface area contributed by atoms with E-state index in [1.165, 1.54) is 0 Å².